The van der Waals surface area contributed by atoms with Gasteiger partial charge in [0.2, 0.25) is 5.95 Å². The standard InChI is InChI=1S/C19H25N9O/c20-15-6-1-2-7-16(15)26-19-22-11-14(17(21)29)18(27-19)25-12-4-3-5-13(10-12)28-23-8-9-24-28/h3-5,8,10-11,15-16,24H,1-2,6-7,9,20H2,(H2,21,29)(H2,22,25,26,27)/t15-,16+/m0/s1. The first-order valence-electron chi connectivity index (χ1n) is 9.72. The van der Waals surface area contributed by atoms with Gasteiger partial charge in [-0.05, 0) is 31.0 Å². The highest BCUT2D eigenvalue weighted by atomic mass is 16.1. The first-order chi connectivity index (χ1) is 14.1. The Labute approximate surface area is 168 Å². The van der Waals surface area contributed by atoms with Crippen LogP contribution in [0.3, 0.4) is 0 Å². The predicted molar refractivity (Wildman–Crippen MR) is 113 cm³/mol. The van der Waals surface area contributed by atoms with Crippen LogP contribution in [0.2, 0.25) is 0 Å². The molecule has 2 aromatic rings. The molecule has 152 valence electrons. The zero-order valence-corrected chi connectivity index (χ0v) is 16.0. The average molecular weight is 395 g/mol. The van der Waals surface area contributed by atoms with Crippen LogP contribution in [0, 0.1) is 0 Å². The number of hydrazine groups is 1. The predicted octanol–water partition coefficient (Wildman–Crippen LogP) is 1.31. The topological polar surface area (TPSA) is 147 Å². The van der Waals surface area contributed by atoms with E-state index in [1.54, 1.807) is 11.3 Å². The number of aromatic nitrogens is 2. The maximum absolute atomic E-state index is 11.9. The molecular weight excluding hydrogens is 370 g/mol. The second kappa shape index (κ2) is 8.41. The summed E-state index contributed by atoms with van der Waals surface area (Å²) >= 11 is 0. The molecule has 1 aromatic heterocycles. The molecule has 29 heavy (non-hydrogen) atoms. The van der Waals surface area contributed by atoms with Crippen molar-refractivity contribution >= 4 is 35.3 Å². The summed E-state index contributed by atoms with van der Waals surface area (Å²) in [5.41, 5.74) is 16.7. The van der Waals surface area contributed by atoms with Crippen molar-refractivity contribution in [1.82, 2.24) is 15.4 Å². The van der Waals surface area contributed by atoms with Crippen molar-refractivity contribution < 1.29 is 4.79 Å². The largest absolute Gasteiger partial charge is 0.365 e. The summed E-state index contributed by atoms with van der Waals surface area (Å²) in [6.45, 7) is 0.674. The summed E-state index contributed by atoms with van der Waals surface area (Å²) < 4.78 is 0. The second-order valence-corrected chi connectivity index (χ2v) is 7.17. The molecule has 0 unspecified atom stereocenters. The highest BCUT2D eigenvalue weighted by Gasteiger charge is 2.23. The van der Waals surface area contributed by atoms with Crippen molar-refractivity contribution in [3.63, 3.8) is 0 Å². The van der Waals surface area contributed by atoms with Crippen LogP contribution in [0.4, 0.5) is 23.1 Å². The summed E-state index contributed by atoms with van der Waals surface area (Å²) in [6, 6.07) is 7.75. The van der Waals surface area contributed by atoms with Crippen LogP contribution < -0.4 is 32.6 Å². The van der Waals surface area contributed by atoms with Crippen LogP contribution in [0.1, 0.15) is 36.0 Å². The van der Waals surface area contributed by atoms with E-state index < -0.39 is 5.91 Å². The van der Waals surface area contributed by atoms with Crippen molar-refractivity contribution in [3.8, 4) is 0 Å². The fourth-order valence-electron chi connectivity index (χ4n) is 3.53. The van der Waals surface area contributed by atoms with Gasteiger partial charge in [0.25, 0.3) is 5.91 Å². The van der Waals surface area contributed by atoms with Gasteiger partial charge in [0, 0.05) is 30.2 Å². The maximum atomic E-state index is 11.9. The van der Waals surface area contributed by atoms with E-state index in [9.17, 15) is 4.79 Å². The van der Waals surface area contributed by atoms with Crippen LogP contribution in [0.15, 0.2) is 35.6 Å². The number of primary amides is 1. The van der Waals surface area contributed by atoms with E-state index in [1.807, 2.05) is 24.3 Å². The van der Waals surface area contributed by atoms with Crippen LogP contribution in [-0.2, 0) is 0 Å². The number of hydrogen-bond acceptors (Lipinski definition) is 9. The van der Waals surface area contributed by atoms with E-state index in [4.69, 9.17) is 11.5 Å². The lowest BCUT2D eigenvalue weighted by Gasteiger charge is -2.29. The lowest BCUT2D eigenvalue weighted by Crippen LogP contribution is -2.43. The Balaban J connectivity index is 1.57. The summed E-state index contributed by atoms with van der Waals surface area (Å²) in [6.07, 6.45) is 7.42. The van der Waals surface area contributed by atoms with Gasteiger partial charge < -0.3 is 22.1 Å². The minimum Gasteiger partial charge on any atom is -0.365 e. The van der Waals surface area contributed by atoms with Crippen molar-refractivity contribution in [2.24, 2.45) is 16.6 Å². The molecule has 1 fully saturated rings. The first kappa shape index (κ1) is 19.1. The van der Waals surface area contributed by atoms with Crippen molar-refractivity contribution in [2.75, 3.05) is 22.3 Å². The molecular formula is C19H25N9O. The number of amides is 1. The quantitative estimate of drug-likeness (QED) is 0.492. The minimum absolute atomic E-state index is 0.0600. The zero-order chi connectivity index (χ0) is 20.2. The fraction of sp³-hybridized carbons (Fsp3) is 0.368. The highest BCUT2D eigenvalue weighted by molar-refractivity contribution is 5.98. The molecule has 4 rings (SSSR count). The third-order valence-corrected chi connectivity index (χ3v) is 5.07. The molecule has 0 bridgehead atoms. The second-order valence-electron chi connectivity index (χ2n) is 7.17. The minimum atomic E-state index is -0.601. The molecule has 0 spiro atoms. The smallest absolute Gasteiger partial charge is 0.254 e. The molecule has 1 aromatic carbocycles. The van der Waals surface area contributed by atoms with Gasteiger partial charge in [-0.25, -0.2) is 10.4 Å². The monoisotopic (exact) mass is 395 g/mol. The SMILES string of the molecule is NC(=O)c1cnc(N[C@@H]2CCCC[C@@H]2N)nc1Nc1cccc(N2N=CCN2)c1. The summed E-state index contributed by atoms with van der Waals surface area (Å²) in [5.74, 6) is 0.159. The van der Waals surface area contributed by atoms with E-state index in [0.29, 0.717) is 18.3 Å². The van der Waals surface area contributed by atoms with Crippen LogP contribution in [0.5, 0.6) is 0 Å². The lowest BCUT2D eigenvalue weighted by atomic mass is 9.91. The van der Waals surface area contributed by atoms with Gasteiger partial charge in [0.15, 0.2) is 0 Å². The Kier molecular flexibility index (Phi) is 5.54. The number of anilines is 4. The Bertz CT molecular complexity index is 916. The third-order valence-electron chi connectivity index (χ3n) is 5.07. The van der Waals surface area contributed by atoms with Crippen LogP contribution in [-0.4, -0.2) is 40.7 Å². The normalized spacial score (nSPS) is 21.2. The van der Waals surface area contributed by atoms with E-state index in [2.05, 4.69) is 31.1 Å². The number of nitrogens with two attached hydrogens (primary N) is 2. The Morgan fingerprint density at radius 3 is 2.90 bits per heavy atom. The average Bonchev–Trinajstić information content (AvgIpc) is 3.25. The van der Waals surface area contributed by atoms with Crippen molar-refractivity contribution in [3.05, 3.63) is 36.0 Å². The summed E-state index contributed by atoms with van der Waals surface area (Å²) in [7, 11) is 0. The molecule has 1 aliphatic carbocycles. The zero-order valence-electron chi connectivity index (χ0n) is 16.0. The molecule has 1 saturated carbocycles. The number of nitrogens with one attached hydrogen (secondary N) is 3. The summed E-state index contributed by atoms with van der Waals surface area (Å²) in [4.78, 5) is 20.6. The number of hydrazone groups is 1. The molecule has 1 amide bonds. The van der Waals surface area contributed by atoms with E-state index in [1.165, 1.54) is 6.20 Å². The van der Waals surface area contributed by atoms with Gasteiger partial charge in [0.05, 0.1) is 12.2 Å². The van der Waals surface area contributed by atoms with Gasteiger partial charge >= 0.3 is 0 Å². The van der Waals surface area contributed by atoms with E-state index >= 15 is 0 Å². The molecule has 0 radical (unpaired) electrons. The highest BCUT2D eigenvalue weighted by Crippen LogP contribution is 2.25. The van der Waals surface area contributed by atoms with Gasteiger partial charge in [0.1, 0.15) is 11.4 Å². The maximum Gasteiger partial charge on any atom is 0.254 e. The molecule has 1 aliphatic heterocycles. The van der Waals surface area contributed by atoms with Crippen molar-refractivity contribution in [2.45, 2.75) is 37.8 Å². The number of hydrogen-bond donors (Lipinski definition) is 5. The van der Waals surface area contributed by atoms with Gasteiger partial charge in [-0.1, -0.05) is 18.9 Å². The van der Waals surface area contributed by atoms with Crippen LogP contribution in [0.25, 0.3) is 0 Å². The molecule has 10 heteroatoms. The van der Waals surface area contributed by atoms with E-state index in [-0.39, 0.29) is 17.6 Å². The Hall–Kier alpha value is -3.24. The van der Waals surface area contributed by atoms with Gasteiger partial charge in [-0.3, -0.25) is 4.79 Å². The molecule has 2 atom stereocenters. The Morgan fingerprint density at radius 2 is 2.14 bits per heavy atom. The first-order valence-corrected chi connectivity index (χ1v) is 9.72. The van der Waals surface area contributed by atoms with Crippen molar-refractivity contribution in [1.29, 1.82) is 0 Å². The molecule has 0 saturated heterocycles. The summed E-state index contributed by atoms with van der Waals surface area (Å²) in [5, 5.41) is 12.4. The third kappa shape index (κ3) is 4.44. The van der Waals surface area contributed by atoms with Gasteiger partial charge in [-0.15, -0.1) is 0 Å². The van der Waals surface area contributed by atoms with E-state index in [0.717, 1.165) is 37.1 Å². The molecule has 10 nitrogen and oxygen atoms in total. The number of carbonyl (C=O) groups excluding carboxylic acids is 1. The molecule has 7 N–H and O–H groups in total. The number of benzene rings is 1. The van der Waals surface area contributed by atoms with Crippen LogP contribution >= 0.6 is 0 Å². The molecule has 2 aliphatic rings. The molecule has 2 heterocycles. The number of rotatable bonds is 6. The van der Waals surface area contributed by atoms with Gasteiger partial charge in [-0.2, -0.15) is 15.2 Å². The number of nitrogens with zero attached hydrogens (tertiary/aromatic N) is 4. The fourth-order valence-corrected chi connectivity index (χ4v) is 3.53. The Morgan fingerprint density at radius 1 is 1.28 bits per heavy atom. The lowest BCUT2D eigenvalue weighted by molar-refractivity contribution is 0.100. The number of carbonyl (C=O) groups is 1.